The number of imide groups is 1. The Hall–Kier alpha value is -2.44. The monoisotopic (exact) mass is 279 g/mol. The molecule has 1 aliphatic rings. The van der Waals surface area contributed by atoms with Crippen LogP contribution in [0.1, 0.15) is 13.8 Å². The van der Waals surface area contributed by atoms with E-state index < -0.39 is 35.7 Å². The number of amides is 4. The van der Waals surface area contributed by atoms with Gasteiger partial charge in [0.25, 0.3) is 5.91 Å². The zero-order valence-electron chi connectivity index (χ0n) is 11.1. The molecule has 4 amide bonds. The van der Waals surface area contributed by atoms with Crippen molar-refractivity contribution in [2.75, 3.05) is 11.9 Å². The Bertz CT molecular complexity index is 586. The van der Waals surface area contributed by atoms with Gasteiger partial charge in [0, 0.05) is 5.69 Å². The maximum absolute atomic E-state index is 13.0. The van der Waals surface area contributed by atoms with Crippen LogP contribution in [0.5, 0.6) is 0 Å². The van der Waals surface area contributed by atoms with Crippen LogP contribution in [0, 0.1) is 5.82 Å². The van der Waals surface area contributed by atoms with Crippen LogP contribution in [-0.2, 0) is 9.59 Å². The highest BCUT2D eigenvalue weighted by atomic mass is 19.1. The first-order valence-corrected chi connectivity index (χ1v) is 5.99. The quantitative estimate of drug-likeness (QED) is 0.813. The lowest BCUT2D eigenvalue weighted by Gasteiger charge is -2.15. The fourth-order valence-corrected chi connectivity index (χ4v) is 1.87. The number of carbonyl (C=O) groups excluding carboxylic acids is 3. The number of benzene rings is 1. The van der Waals surface area contributed by atoms with Gasteiger partial charge in [0.15, 0.2) is 0 Å². The molecule has 1 saturated heterocycles. The number of rotatable bonds is 3. The number of hydrogen-bond donors (Lipinski definition) is 2. The van der Waals surface area contributed by atoms with Crippen molar-refractivity contribution in [2.45, 2.75) is 19.4 Å². The number of nitrogens with one attached hydrogen (secondary N) is 2. The Labute approximate surface area is 114 Å². The summed E-state index contributed by atoms with van der Waals surface area (Å²) in [6.07, 6.45) is 0. The lowest BCUT2D eigenvalue weighted by atomic mass is 10.1. The molecular weight excluding hydrogens is 265 g/mol. The predicted octanol–water partition coefficient (Wildman–Crippen LogP) is 1.09. The largest absolute Gasteiger partial charge is 0.325 e. The van der Waals surface area contributed by atoms with E-state index in [1.54, 1.807) is 13.8 Å². The van der Waals surface area contributed by atoms with Gasteiger partial charge >= 0.3 is 6.03 Å². The Morgan fingerprint density at radius 2 is 2.10 bits per heavy atom. The van der Waals surface area contributed by atoms with E-state index in [4.69, 9.17) is 0 Å². The van der Waals surface area contributed by atoms with Crippen molar-refractivity contribution in [3.8, 4) is 0 Å². The molecule has 0 spiro atoms. The summed E-state index contributed by atoms with van der Waals surface area (Å²) in [5.41, 5.74) is -0.753. The van der Waals surface area contributed by atoms with Crippen molar-refractivity contribution in [3.63, 3.8) is 0 Å². The number of nitrogens with zero attached hydrogens (tertiary/aromatic N) is 1. The van der Waals surface area contributed by atoms with E-state index in [-0.39, 0.29) is 5.69 Å². The van der Waals surface area contributed by atoms with Crippen LogP contribution in [0.3, 0.4) is 0 Å². The molecule has 7 heteroatoms. The van der Waals surface area contributed by atoms with Gasteiger partial charge in [-0.25, -0.2) is 9.18 Å². The molecular formula is C13H14FN3O3. The lowest BCUT2D eigenvalue weighted by molar-refractivity contribution is -0.132. The molecule has 0 bridgehead atoms. The summed E-state index contributed by atoms with van der Waals surface area (Å²) in [6, 6.07) is 4.73. The van der Waals surface area contributed by atoms with Crippen molar-refractivity contribution < 1.29 is 18.8 Å². The van der Waals surface area contributed by atoms with Crippen molar-refractivity contribution in [2.24, 2.45) is 0 Å². The van der Waals surface area contributed by atoms with Crippen LogP contribution in [0.2, 0.25) is 0 Å². The lowest BCUT2D eigenvalue weighted by Crippen LogP contribution is -2.41. The van der Waals surface area contributed by atoms with E-state index in [2.05, 4.69) is 10.6 Å². The predicted molar refractivity (Wildman–Crippen MR) is 69.4 cm³/mol. The summed E-state index contributed by atoms with van der Waals surface area (Å²) in [6.45, 7) is 2.69. The average Bonchev–Trinajstić information content (AvgIpc) is 2.51. The maximum atomic E-state index is 13.0. The zero-order valence-corrected chi connectivity index (χ0v) is 11.1. The highest BCUT2D eigenvalue weighted by Gasteiger charge is 2.44. The molecule has 20 heavy (non-hydrogen) atoms. The third kappa shape index (κ3) is 2.76. The van der Waals surface area contributed by atoms with Crippen LogP contribution in [0.15, 0.2) is 24.3 Å². The summed E-state index contributed by atoms with van der Waals surface area (Å²) in [7, 11) is 0. The van der Waals surface area contributed by atoms with Crippen molar-refractivity contribution in [3.05, 3.63) is 30.1 Å². The number of carbonyl (C=O) groups is 3. The minimum absolute atomic E-state index is 0.265. The molecule has 0 saturated carbocycles. The fourth-order valence-electron chi connectivity index (χ4n) is 1.87. The number of hydrogen-bond acceptors (Lipinski definition) is 3. The van der Waals surface area contributed by atoms with E-state index >= 15 is 0 Å². The zero-order chi connectivity index (χ0) is 14.9. The Morgan fingerprint density at radius 3 is 2.65 bits per heavy atom. The average molecular weight is 279 g/mol. The molecule has 0 aromatic heterocycles. The second-order valence-electron chi connectivity index (χ2n) is 5.00. The standard InChI is InChI=1S/C13H14FN3O3/c1-13(2)11(19)17(12(20)16-13)7-10(18)15-9-5-3-4-8(14)6-9/h3-6H,7H2,1-2H3,(H,15,18)(H,16,20). The van der Waals surface area contributed by atoms with E-state index in [1.165, 1.54) is 18.2 Å². The van der Waals surface area contributed by atoms with Gasteiger partial charge < -0.3 is 10.6 Å². The van der Waals surface area contributed by atoms with E-state index in [0.717, 1.165) is 11.0 Å². The third-order valence-electron chi connectivity index (χ3n) is 2.85. The minimum Gasteiger partial charge on any atom is -0.324 e. The molecule has 1 aromatic rings. The van der Waals surface area contributed by atoms with Gasteiger partial charge in [0.2, 0.25) is 5.91 Å². The van der Waals surface area contributed by atoms with Crippen molar-refractivity contribution in [1.29, 1.82) is 0 Å². The van der Waals surface area contributed by atoms with Gasteiger partial charge in [-0.15, -0.1) is 0 Å². The maximum Gasteiger partial charge on any atom is 0.325 e. The molecule has 1 fully saturated rings. The molecule has 1 aromatic carbocycles. The van der Waals surface area contributed by atoms with Gasteiger partial charge in [-0.2, -0.15) is 0 Å². The van der Waals surface area contributed by atoms with Gasteiger partial charge in [-0.05, 0) is 32.0 Å². The first-order valence-electron chi connectivity index (χ1n) is 5.99. The van der Waals surface area contributed by atoms with Crippen LogP contribution in [-0.4, -0.2) is 34.8 Å². The molecule has 1 aliphatic heterocycles. The first-order chi connectivity index (χ1) is 9.29. The molecule has 2 N–H and O–H groups in total. The summed E-state index contributed by atoms with van der Waals surface area (Å²) in [5.74, 6) is -1.53. The Morgan fingerprint density at radius 1 is 1.40 bits per heavy atom. The van der Waals surface area contributed by atoms with Crippen molar-refractivity contribution >= 4 is 23.5 Å². The molecule has 0 unspecified atom stereocenters. The molecule has 106 valence electrons. The van der Waals surface area contributed by atoms with Gasteiger partial charge in [0.1, 0.15) is 17.9 Å². The van der Waals surface area contributed by atoms with E-state index in [0.29, 0.717) is 0 Å². The van der Waals surface area contributed by atoms with Crippen LogP contribution in [0.4, 0.5) is 14.9 Å². The summed E-state index contributed by atoms with van der Waals surface area (Å²) in [5, 5.41) is 4.89. The third-order valence-corrected chi connectivity index (χ3v) is 2.85. The molecule has 0 radical (unpaired) electrons. The molecule has 1 heterocycles. The Kier molecular flexibility index (Phi) is 3.44. The van der Waals surface area contributed by atoms with Gasteiger partial charge in [-0.1, -0.05) is 6.07 Å². The molecule has 0 aliphatic carbocycles. The van der Waals surface area contributed by atoms with Gasteiger partial charge in [-0.3, -0.25) is 14.5 Å². The second kappa shape index (κ2) is 4.92. The minimum atomic E-state index is -1.02. The highest BCUT2D eigenvalue weighted by Crippen LogP contribution is 2.16. The summed E-state index contributed by atoms with van der Waals surface area (Å²) in [4.78, 5) is 36.1. The molecule has 2 rings (SSSR count). The van der Waals surface area contributed by atoms with Crippen LogP contribution >= 0.6 is 0 Å². The smallest absolute Gasteiger partial charge is 0.324 e. The molecule has 0 atom stereocenters. The number of halogens is 1. The van der Waals surface area contributed by atoms with E-state index in [9.17, 15) is 18.8 Å². The Balaban J connectivity index is 2.02. The van der Waals surface area contributed by atoms with Crippen LogP contribution in [0.25, 0.3) is 0 Å². The second-order valence-corrected chi connectivity index (χ2v) is 5.00. The normalized spacial score (nSPS) is 17.1. The fraction of sp³-hybridized carbons (Fsp3) is 0.308. The van der Waals surface area contributed by atoms with Gasteiger partial charge in [0.05, 0.1) is 0 Å². The topological polar surface area (TPSA) is 78.5 Å². The number of urea groups is 1. The molecule has 6 nitrogen and oxygen atoms in total. The van der Waals surface area contributed by atoms with Crippen molar-refractivity contribution in [1.82, 2.24) is 10.2 Å². The van der Waals surface area contributed by atoms with E-state index in [1.807, 2.05) is 0 Å². The SMILES string of the molecule is CC1(C)NC(=O)N(CC(=O)Nc2cccc(F)c2)C1=O. The van der Waals surface area contributed by atoms with Crippen LogP contribution < -0.4 is 10.6 Å². The number of anilines is 1. The first kappa shape index (κ1) is 14.0. The highest BCUT2D eigenvalue weighted by molar-refractivity contribution is 6.09. The summed E-state index contributed by atoms with van der Waals surface area (Å²) >= 11 is 0. The summed E-state index contributed by atoms with van der Waals surface area (Å²) < 4.78 is 13.0.